The van der Waals surface area contributed by atoms with Crippen LogP contribution < -0.4 is 4.90 Å². The van der Waals surface area contributed by atoms with Gasteiger partial charge in [0.15, 0.2) is 0 Å². The number of aliphatic hydroxyl groups excluding tert-OH is 1. The molecule has 0 radical (unpaired) electrons. The summed E-state index contributed by atoms with van der Waals surface area (Å²) in [7, 11) is 1.77. The zero-order valence-electron chi connectivity index (χ0n) is 11.8. The molecule has 3 nitrogen and oxygen atoms in total. The summed E-state index contributed by atoms with van der Waals surface area (Å²) in [6.45, 7) is 5.83. The number of hydrogen-bond acceptors (Lipinski definition) is 3. The number of halogens is 1. The van der Waals surface area contributed by atoms with Gasteiger partial charge in [-0.25, -0.2) is 0 Å². The largest absolute Gasteiger partial charge is 0.389 e. The summed E-state index contributed by atoms with van der Waals surface area (Å²) in [6, 6.07) is 5.78. The van der Waals surface area contributed by atoms with Gasteiger partial charge in [0.1, 0.15) is 0 Å². The summed E-state index contributed by atoms with van der Waals surface area (Å²) >= 11 is 6.34. The third kappa shape index (κ3) is 3.22. The lowest BCUT2D eigenvalue weighted by atomic mass is 9.95. The second-order valence-electron chi connectivity index (χ2n) is 5.37. The molecule has 0 aromatic heterocycles. The summed E-state index contributed by atoms with van der Waals surface area (Å²) in [5, 5.41) is 10.3. The van der Waals surface area contributed by atoms with Crippen molar-refractivity contribution in [3.8, 4) is 0 Å². The van der Waals surface area contributed by atoms with Gasteiger partial charge in [0.05, 0.1) is 22.9 Å². The Morgan fingerprint density at radius 2 is 2.21 bits per heavy atom. The van der Waals surface area contributed by atoms with Gasteiger partial charge < -0.3 is 14.7 Å². The van der Waals surface area contributed by atoms with Crippen molar-refractivity contribution >= 4 is 17.3 Å². The number of aliphatic hydroxyl groups is 1. The number of ether oxygens (including phenoxy) is 1. The predicted molar refractivity (Wildman–Crippen MR) is 78.9 cm³/mol. The standard InChI is InChI=1S/C15H22ClNO2/c1-10-6-7-17(9-15(10)19-3)14-5-4-12(11(2)18)8-13(14)16/h4-5,8,10-11,15,18H,6-7,9H2,1-3H3/t10?,11-,15?/m0/s1. The maximum Gasteiger partial charge on any atom is 0.0772 e. The van der Waals surface area contributed by atoms with Crippen LogP contribution in [0.15, 0.2) is 18.2 Å². The minimum Gasteiger partial charge on any atom is -0.389 e. The van der Waals surface area contributed by atoms with Crippen molar-refractivity contribution in [2.24, 2.45) is 5.92 Å². The molecule has 4 heteroatoms. The number of rotatable bonds is 3. The summed E-state index contributed by atoms with van der Waals surface area (Å²) in [4.78, 5) is 2.27. The zero-order chi connectivity index (χ0) is 14.0. The molecule has 106 valence electrons. The fourth-order valence-electron chi connectivity index (χ4n) is 2.60. The average Bonchev–Trinajstić information content (AvgIpc) is 2.39. The molecule has 0 saturated carbocycles. The van der Waals surface area contributed by atoms with Crippen LogP contribution in [-0.2, 0) is 4.74 Å². The van der Waals surface area contributed by atoms with E-state index in [1.807, 2.05) is 18.2 Å². The minimum absolute atomic E-state index is 0.251. The highest BCUT2D eigenvalue weighted by molar-refractivity contribution is 6.33. The molecule has 3 atom stereocenters. The Balaban J connectivity index is 2.18. The molecule has 1 aliphatic rings. The lowest BCUT2D eigenvalue weighted by Gasteiger charge is -2.38. The van der Waals surface area contributed by atoms with E-state index in [-0.39, 0.29) is 6.10 Å². The molecule has 1 aromatic carbocycles. The fraction of sp³-hybridized carbons (Fsp3) is 0.600. The van der Waals surface area contributed by atoms with Crippen LogP contribution in [-0.4, -0.2) is 31.4 Å². The van der Waals surface area contributed by atoms with E-state index in [1.165, 1.54) is 0 Å². The van der Waals surface area contributed by atoms with Crippen molar-refractivity contribution < 1.29 is 9.84 Å². The van der Waals surface area contributed by atoms with Gasteiger partial charge in [-0.05, 0) is 37.0 Å². The van der Waals surface area contributed by atoms with Crippen LogP contribution in [0, 0.1) is 5.92 Å². The molecule has 1 aliphatic heterocycles. The van der Waals surface area contributed by atoms with Gasteiger partial charge in [-0.2, -0.15) is 0 Å². The van der Waals surface area contributed by atoms with E-state index >= 15 is 0 Å². The molecule has 1 aromatic rings. The number of hydrogen-bond donors (Lipinski definition) is 1. The fourth-order valence-corrected chi connectivity index (χ4v) is 2.91. The van der Waals surface area contributed by atoms with Crippen LogP contribution in [0.1, 0.15) is 31.9 Å². The first kappa shape index (κ1) is 14.6. The van der Waals surface area contributed by atoms with E-state index in [1.54, 1.807) is 14.0 Å². The molecular weight excluding hydrogens is 262 g/mol. The molecule has 2 rings (SSSR count). The van der Waals surface area contributed by atoms with E-state index in [9.17, 15) is 5.11 Å². The SMILES string of the molecule is COC1CN(c2ccc([C@H](C)O)cc2Cl)CCC1C. The Hall–Kier alpha value is -0.770. The quantitative estimate of drug-likeness (QED) is 0.924. The Labute approximate surface area is 120 Å². The van der Waals surface area contributed by atoms with Crippen molar-refractivity contribution in [1.82, 2.24) is 0 Å². The van der Waals surface area contributed by atoms with Crippen LogP contribution in [0.4, 0.5) is 5.69 Å². The lowest BCUT2D eigenvalue weighted by molar-refractivity contribution is 0.0498. The van der Waals surface area contributed by atoms with Gasteiger partial charge in [-0.1, -0.05) is 24.6 Å². The molecule has 2 unspecified atom stereocenters. The zero-order valence-corrected chi connectivity index (χ0v) is 12.5. The summed E-state index contributed by atoms with van der Waals surface area (Å²) in [5.41, 5.74) is 1.88. The molecule has 0 amide bonds. The Morgan fingerprint density at radius 3 is 2.79 bits per heavy atom. The molecule has 1 saturated heterocycles. The van der Waals surface area contributed by atoms with Crippen molar-refractivity contribution in [1.29, 1.82) is 0 Å². The molecule has 19 heavy (non-hydrogen) atoms. The average molecular weight is 284 g/mol. The van der Waals surface area contributed by atoms with Crippen molar-refractivity contribution in [3.63, 3.8) is 0 Å². The van der Waals surface area contributed by atoms with Gasteiger partial charge in [0, 0.05) is 20.2 Å². The molecule has 0 aliphatic carbocycles. The molecular formula is C15H22ClNO2. The van der Waals surface area contributed by atoms with Crippen LogP contribution in [0.5, 0.6) is 0 Å². The smallest absolute Gasteiger partial charge is 0.0772 e. The number of benzene rings is 1. The van der Waals surface area contributed by atoms with Crippen LogP contribution in [0.2, 0.25) is 5.02 Å². The van der Waals surface area contributed by atoms with Gasteiger partial charge >= 0.3 is 0 Å². The minimum atomic E-state index is -0.486. The van der Waals surface area contributed by atoms with Gasteiger partial charge in [-0.15, -0.1) is 0 Å². The topological polar surface area (TPSA) is 32.7 Å². The molecule has 1 heterocycles. The third-order valence-corrected chi connectivity index (χ3v) is 4.29. The first-order chi connectivity index (χ1) is 9.02. The van der Waals surface area contributed by atoms with Gasteiger partial charge in [0.2, 0.25) is 0 Å². The predicted octanol–water partition coefficient (Wildman–Crippen LogP) is 3.25. The second-order valence-corrected chi connectivity index (χ2v) is 5.78. The summed E-state index contributed by atoms with van der Waals surface area (Å²) < 4.78 is 5.53. The Kier molecular flexibility index (Phi) is 4.71. The summed E-state index contributed by atoms with van der Waals surface area (Å²) in [5.74, 6) is 0.580. The normalized spacial score (nSPS) is 25.4. The Bertz CT molecular complexity index is 436. The highest BCUT2D eigenvalue weighted by atomic mass is 35.5. The van der Waals surface area contributed by atoms with Crippen LogP contribution in [0.25, 0.3) is 0 Å². The van der Waals surface area contributed by atoms with Crippen molar-refractivity contribution in [3.05, 3.63) is 28.8 Å². The number of anilines is 1. The van der Waals surface area contributed by atoms with E-state index in [4.69, 9.17) is 16.3 Å². The van der Waals surface area contributed by atoms with Crippen LogP contribution in [0.3, 0.4) is 0 Å². The van der Waals surface area contributed by atoms with Crippen molar-refractivity contribution in [2.75, 3.05) is 25.1 Å². The number of nitrogens with zero attached hydrogens (tertiary/aromatic N) is 1. The van der Waals surface area contributed by atoms with E-state index in [2.05, 4.69) is 11.8 Å². The van der Waals surface area contributed by atoms with Crippen molar-refractivity contribution in [2.45, 2.75) is 32.5 Å². The number of methoxy groups -OCH3 is 1. The first-order valence-corrected chi connectivity index (χ1v) is 7.16. The third-order valence-electron chi connectivity index (χ3n) is 3.99. The highest BCUT2D eigenvalue weighted by Gasteiger charge is 2.27. The van der Waals surface area contributed by atoms with Gasteiger partial charge in [-0.3, -0.25) is 0 Å². The molecule has 1 fully saturated rings. The number of piperidine rings is 1. The molecule has 1 N–H and O–H groups in total. The monoisotopic (exact) mass is 283 g/mol. The highest BCUT2D eigenvalue weighted by Crippen LogP contribution is 2.32. The second kappa shape index (κ2) is 6.12. The molecule has 0 bridgehead atoms. The maximum atomic E-state index is 9.57. The lowest BCUT2D eigenvalue weighted by Crippen LogP contribution is -2.44. The van der Waals surface area contributed by atoms with E-state index < -0.39 is 6.10 Å². The Morgan fingerprint density at radius 1 is 1.47 bits per heavy atom. The van der Waals surface area contributed by atoms with Crippen LogP contribution >= 0.6 is 11.6 Å². The van der Waals surface area contributed by atoms with Gasteiger partial charge in [0.25, 0.3) is 0 Å². The van der Waals surface area contributed by atoms with E-state index in [0.717, 1.165) is 30.8 Å². The molecule has 0 spiro atoms. The first-order valence-electron chi connectivity index (χ1n) is 6.78. The summed E-state index contributed by atoms with van der Waals surface area (Å²) in [6.07, 6.45) is 0.869. The van der Waals surface area contributed by atoms with E-state index in [0.29, 0.717) is 10.9 Å². The maximum absolute atomic E-state index is 9.57.